The number of ether oxygens (including phenoxy) is 2. The Balaban J connectivity index is 2.06. The van der Waals surface area contributed by atoms with Gasteiger partial charge in [-0.15, -0.1) is 11.3 Å². The molecular weight excluding hydrogens is 396 g/mol. The number of hydrogen-bond donors (Lipinski definition) is 0. The molecule has 100 valence electrons. The summed E-state index contributed by atoms with van der Waals surface area (Å²) in [7, 11) is 1.57. The van der Waals surface area contributed by atoms with Crippen molar-refractivity contribution in [3.05, 3.63) is 43.5 Å². The van der Waals surface area contributed by atoms with E-state index in [9.17, 15) is 4.79 Å². The second kappa shape index (κ2) is 6.54. The molecule has 0 aliphatic rings. The van der Waals surface area contributed by atoms with Gasteiger partial charge in [-0.2, -0.15) is 0 Å². The summed E-state index contributed by atoms with van der Waals surface area (Å²) in [6, 6.07) is 9.02. The van der Waals surface area contributed by atoms with Crippen molar-refractivity contribution < 1.29 is 14.3 Å². The summed E-state index contributed by atoms with van der Waals surface area (Å²) in [5.41, 5.74) is 0.617. The Bertz CT molecular complexity index is 595. The third-order valence-corrected chi connectivity index (χ3v) is 4.72. The molecule has 0 spiro atoms. The van der Waals surface area contributed by atoms with Crippen LogP contribution in [0, 0.1) is 0 Å². The molecule has 0 fully saturated rings. The predicted molar refractivity (Wildman–Crippen MR) is 82.5 cm³/mol. The van der Waals surface area contributed by atoms with Crippen LogP contribution in [0.15, 0.2) is 37.9 Å². The smallest absolute Gasteiger partial charge is 0.202 e. The number of Topliss-reactive ketones (excluding diaryl/α,β-unsaturated/α-hetero) is 1. The maximum absolute atomic E-state index is 12.0. The molecule has 0 atom stereocenters. The van der Waals surface area contributed by atoms with E-state index in [1.165, 1.54) is 11.3 Å². The summed E-state index contributed by atoms with van der Waals surface area (Å²) in [6.45, 7) is -0.0256. The van der Waals surface area contributed by atoms with Gasteiger partial charge in [0.05, 0.1) is 14.7 Å². The van der Waals surface area contributed by atoms with E-state index in [0.29, 0.717) is 17.1 Å². The van der Waals surface area contributed by atoms with Crippen molar-refractivity contribution in [2.45, 2.75) is 0 Å². The van der Waals surface area contributed by atoms with E-state index in [4.69, 9.17) is 9.47 Å². The summed E-state index contributed by atoms with van der Waals surface area (Å²) in [4.78, 5) is 12.0. The molecule has 0 saturated heterocycles. The summed E-state index contributed by atoms with van der Waals surface area (Å²) in [5.74, 6) is 1.09. The molecule has 0 saturated carbocycles. The molecule has 0 amide bonds. The van der Waals surface area contributed by atoms with E-state index < -0.39 is 0 Å². The van der Waals surface area contributed by atoms with E-state index in [2.05, 4.69) is 31.9 Å². The van der Waals surface area contributed by atoms with Crippen molar-refractivity contribution in [2.24, 2.45) is 0 Å². The summed E-state index contributed by atoms with van der Waals surface area (Å²) in [5, 5.41) is 0. The van der Waals surface area contributed by atoms with Gasteiger partial charge in [0.25, 0.3) is 0 Å². The van der Waals surface area contributed by atoms with Crippen LogP contribution in [0.5, 0.6) is 11.5 Å². The standard InChI is InChI=1S/C13H10Br2O3S/c1-17-10-4-2-3-5-11(10)18-7-9(16)8-6-12(14)19-13(8)15/h2-6H,7H2,1H3. The number of methoxy groups -OCH3 is 1. The van der Waals surface area contributed by atoms with Crippen LogP contribution in [0.25, 0.3) is 0 Å². The molecule has 0 radical (unpaired) electrons. The Hall–Kier alpha value is -0.850. The average molecular weight is 406 g/mol. The quantitative estimate of drug-likeness (QED) is 0.685. The van der Waals surface area contributed by atoms with Gasteiger partial charge in [0, 0.05) is 5.56 Å². The number of benzene rings is 1. The van der Waals surface area contributed by atoms with Crippen molar-refractivity contribution in [3.63, 3.8) is 0 Å². The van der Waals surface area contributed by atoms with Crippen molar-refractivity contribution in [1.82, 2.24) is 0 Å². The Morgan fingerprint density at radius 1 is 1.26 bits per heavy atom. The van der Waals surface area contributed by atoms with E-state index in [-0.39, 0.29) is 12.4 Å². The number of thiophene rings is 1. The van der Waals surface area contributed by atoms with E-state index in [0.717, 1.165) is 7.57 Å². The fraction of sp³-hybridized carbons (Fsp3) is 0.154. The lowest BCUT2D eigenvalue weighted by Gasteiger charge is -2.09. The molecule has 1 heterocycles. The minimum atomic E-state index is -0.0836. The first-order valence-corrected chi connectivity index (χ1v) is 7.76. The van der Waals surface area contributed by atoms with Gasteiger partial charge in [0.2, 0.25) is 5.78 Å². The van der Waals surface area contributed by atoms with Gasteiger partial charge in [-0.1, -0.05) is 12.1 Å². The average Bonchev–Trinajstić information content (AvgIpc) is 2.75. The van der Waals surface area contributed by atoms with E-state index in [1.807, 2.05) is 12.1 Å². The Kier molecular flexibility index (Phi) is 5.01. The molecule has 2 rings (SSSR count). The number of rotatable bonds is 5. The topological polar surface area (TPSA) is 35.5 Å². The molecule has 1 aromatic heterocycles. The number of ketones is 1. The van der Waals surface area contributed by atoms with E-state index in [1.54, 1.807) is 25.3 Å². The first-order chi connectivity index (χ1) is 9.11. The molecule has 1 aromatic carbocycles. The van der Waals surface area contributed by atoms with Crippen LogP contribution < -0.4 is 9.47 Å². The van der Waals surface area contributed by atoms with Crippen molar-refractivity contribution >= 4 is 49.0 Å². The van der Waals surface area contributed by atoms with E-state index >= 15 is 0 Å². The highest BCUT2D eigenvalue weighted by Crippen LogP contribution is 2.32. The van der Waals surface area contributed by atoms with Gasteiger partial charge in [0.15, 0.2) is 18.1 Å². The summed E-state index contributed by atoms with van der Waals surface area (Å²) < 4.78 is 12.4. The molecule has 2 aromatic rings. The highest BCUT2D eigenvalue weighted by Gasteiger charge is 2.15. The molecule has 0 N–H and O–H groups in total. The second-order valence-electron chi connectivity index (χ2n) is 3.60. The highest BCUT2D eigenvalue weighted by atomic mass is 79.9. The minimum Gasteiger partial charge on any atom is -0.493 e. The van der Waals surface area contributed by atoms with Crippen LogP contribution in [0.4, 0.5) is 0 Å². The number of halogens is 2. The van der Waals surface area contributed by atoms with Gasteiger partial charge in [-0.05, 0) is 50.1 Å². The maximum atomic E-state index is 12.0. The van der Waals surface area contributed by atoms with Crippen LogP contribution in [-0.4, -0.2) is 19.5 Å². The number of para-hydroxylation sites is 2. The summed E-state index contributed by atoms with van der Waals surface area (Å²) >= 11 is 8.16. The number of carbonyl (C=O) groups is 1. The first kappa shape index (κ1) is 14.6. The number of hydrogen-bond acceptors (Lipinski definition) is 4. The van der Waals surface area contributed by atoms with Gasteiger partial charge >= 0.3 is 0 Å². The third-order valence-electron chi connectivity index (χ3n) is 2.38. The largest absolute Gasteiger partial charge is 0.493 e. The van der Waals surface area contributed by atoms with Crippen molar-refractivity contribution in [3.8, 4) is 11.5 Å². The SMILES string of the molecule is COc1ccccc1OCC(=O)c1cc(Br)sc1Br. The van der Waals surface area contributed by atoms with Gasteiger partial charge < -0.3 is 9.47 Å². The van der Waals surface area contributed by atoms with Gasteiger partial charge in [0.1, 0.15) is 0 Å². The molecular formula is C13H10Br2O3S. The highest BCUT2D eigenvalue weighted by molar-refractivity contribution is 9.12. The minimum absolute atomic E-state index is 0.0256. The van der Waals surface area contributed by atoms with Gasteiger partial charge in [-0.25, -0.2) is 0 Å². The second-order valence-corrected chi connectivity index (χ2v) is 7.35. The monoisotopic (exact) mass is 404 g/mol. The zero-order chi connectivity index (χ0) is 13.8. The van der Waals surface area contributed by atoms with Gasteiger partial charge in [-0.3, -0.25) is 4.79 Å². The van der Waals surface area contributed by atoms with Crippen molar-refractivity contribution in [1.29, 1.82) is 0 Å². The van der Waals surface area contributed by atoms with Crippen LogP contribution in [0.3, 0.4) is 0 Å². The molecule has 0 aliphatic carbocycles. The third kappa shape index (κ3) is 3.58. The fourth-order valence-electron chi connectivity index (χ4n) is 1.49. The lowest BCUT2D eigenvalue weighted by Crippen LogP contribution is -2.11. The molecule has 0 aliphatic heterocycles. The van der Waals surface area contributed by atoms with Crippen molar-refractivity contribution in [2.75, 3.05) is 13.7 Å². The normalized spacial score (nSPS) is 10.3. The Morgan fingerprint density at radius 3 is 2.53 bits per heavy atom. The zero-order valence-electron chi connectivity index (χ0n) is 9.98. The molecule has 6 heteroatoms. The zero-order valence-corrected chi connectivity index (χ0v) is 14.0. The predicted octanol–water partition coefficient (Wildman–Crippen LogP) is 4.54. The maximum Gasteiger partial charge on any atom is 0.202 e. The fourth-order valence-corrected chi connectivity index (χ4v) is 4.35. The Labute approximate surface area is 131 Å². The number of carbonyl (C=O) groups excluding carboxylic acids is 1. The molecule has 3 nitrogen and oxygen atoms in total. The van der Waals surface area contributed by atoms with Crippen LogP contribution >= 0.6 is 43.2 Å². The molecule has 0 unspecified atom stereocenters. The first-order valence-electron chi connectivity index (χ1n) is 5.35. The Morgan fingerprint density at radius 2 is 1.95 bits per heavy atom. The van der Waals surface area contributed by atoms with Crippen LogP contribution in [0.2, 0.25) is 0 Å². The van der Waals surface area contributed by atoms with Crippen LogP contribution in [0.1, 0.15) is 10.4 Å². The molecule has 19 heavy (non-hydrogen) atoms. The molecule has 0 bridgehead atoms. The summed E-state index contributed by atoms with van der Waals surface area (Å²) in [6.07, 6.45) is 0. The lowest BCUT2D eigenvalue weighted by atomic mass is 10.2. The lowest BCUT2D eigenvalue weighted by molar-refractivity contribution is 0.0919. The van der Waals surface area contributed by atoms with Crippen LogP contribution in [-0.2, 0) is 0 Å².